The molecule has 7 heteroatoms. The molecule has 0 radical (unpaired) electrons. The molecule has 0 bridgehead atoms. The summed E-state index contributed by atoms with van der Waals surface area (Å²) in [7, 11) is -3.52. The molecule has 1 heterocycles. The molecular formula is C12H14N2O3S2. The molecule has 0 amide bonds. The van der Waals surface area contributed by atoms with Crippen LogP contribution in [-0.4, -0.2) is 21.6 Å². The molecule has 0 saturated heterocycles. The maximum Gasteiger partial charge on any atom is 0.271 e. The van der Waals surface area contributed by atoms with Crippen molar-refractivity contribution in [3.05, 3.63) is 41.8 Å². The lowest BCUT2D eigenvalue weighted by molar-refractivity contribution is 0.328. The van der Waals surface area contributed by atoms with Crippen LogP contribution in [0.2, 0.25) is 0 Å². The second-order valence-electron chi connectivity index (χ2n) is 3.70. The molecule has 0 atom stereocenters. The van der Waals surface area contributed by atoms with Crippen LogP contribution in [0.4, 0.5) is 5.69 Å². The SMILES string of the molecule is NCCOc1cccc(NS(=O)(=O)c2cccs2)c1. The Labute approximate surface area is 116 Å². The molecule has 5 nitrogen and oxygen atoms in total. The van der Waals surface area contributed by atoms with Gasteiger partial charge in [0.15, 0.2) is 0 Å². The van der Waals surface area contributed by atoms with Crippen molar-refractivity contribution in [1.29, 1.82) is 0 Å². The molecule has 1 aromatic heterocycles. The summed E-state index contributed by atoms with van der Waals surface area (Å²) >= 11 is 1.17. The number of benzene rings is 1. The highest BCUT2D eigenvalue weighted by atomic mass is 32.2. The van der Waals surface area contributed by atoms with E-state index in [1.165, 1.54) is 11.3 Å². The van der Waals surface area contributed by atoms with Crippen molar-refractivity contribution in [1.82, 2.24) is 0 Å². The number of hydrogen-bond acceptors (Lipinski definition) is 5. The van der Waals surface area contributed by atoms with Crippen LogP contribution in [0.5, 0.6) is 5.75 Å². The van der Waals surface area contributed by atoms with E-state index in [1.807, 2.05) is 0 Å². The lowest BCUT2D eigenvalue weighted by Gasteiger charge is -2.09. The molecule has 0 saturated carbocycles. The molecule has 102 valence electrons. The van der Waals surface area contributed by atoms with Crippen molar-refractivity contribution in [2.45, 2.75) is 4.21 Å². The van der Waals surface area contributed by atoms with Crippen LogP contribution < -0.4 is 15.2 Å². The van der Waals surface area contributed by atoms with E-state index < -0.39 is 10.0 Å². The van der Waals surface area contributed by atoms with Crippen molar-refractivity contribution in [2.75, 3.05) is 17.9 Å². The van der Waals surface area contributed by atoms with E-state index in [-0.39, 0.29) is 4.21 Å². The maximum absolute atomic E-state index is 12.0. The second-order valence-corrected chi connectivity index (χ2v) is 6.56. The summed E-state index contributed by atoms with van der Waals surface area (Å²) in [5.41, 5.74) is 5.81. The predicted octanol–water partition coefficient (Wildman–Crippen LogP) is 1.89. The highest BCUT2D eigenvalue weighted by Crippen LogP contribution is 2.22. The maximum atomic E-state index is 12.0. The minimum absolute atomic E-state index is 0.278. The van der Waals surface area contributed by atoms with Gasteiger partial charge in [0.25, 0.3) is 10.0 Å². The van der Waals surface area contributed by atoms with Crippen LogP contribution in [0.15, 0.2) is 46.0 Å². The Bertz CT molecular complexity index is 624. The van der Waals surface area contributed by atoms with Crippen LogP contribution in [0.1, 0.15) is 0 Å². The van der Waals surface area contributed by atoms with Gasteiger partial charge >= 0.3 is 0 Å². The lowest BCUT2D eigenvalue weighted by atomic mass is 10.3. The van der Waals surface area contributed by atoms with E-state index in [1.54, 1.807) is 41.8 Å². The molecule has 0 aliphatic rings. The Morgan fingerprint density at radius 1 is 1.26 bits per heavy atom. The number of hydrogen-bond donors (Lipinski definition) is 2. The minimum Gasteiger partial charge on any atom is -0.492 e. The number of anilines is 1. The smallest absolute Gasteiger partial charge is 0.271 e. The Morgan fingerprint density at radius 2 is 2.11 bits per heavy atom. The molecule has 0 unspecified atom stereocenters. The van der Waals surface area contributed by atoms with Crippen LogP contribution in [0.25, 0.3) is 0 Å². The van der Waals surface area contributed by atoms with Gasteiger partial charge in [-0.1, -0.05) is 12.1 Å². The van der Waals surface area contributed by atoms with Crippen LogP contribution >= 0.6 is 11.3 Å². The van der Waals surface area contributed by atoms with Crippen molar-refractivity contribution >= 4 is 27.0 Å². The fraction of sp³-hybridized carbons (Fsp3) is 0.167. The highest BCUT2D eigenvalue weighted by molar-refractivity contribution is 7.94. The molecule has 2 aromatic rings. The fourth-order valence-electron chi connectivity index (χ4n) is 1.45. The zero-order valence-electron chi connectivity index (χ0n) is 10.1. The molecule has 0 spiro atoms. The van der Waals surface area contributed by atoms with Gasteiger partial charge in [0.2, 0.25) is 0 Å². The largest absolute Gasteiger partial charge is 0.492 e. The van der Waals surface area contributed by atoms with Gasteiger partial charge in [-0.3, -0.25) is 4.72 Å². The Kier molecular flexibility index (Phi) is 4.41. The third-order valence-corrected chi connectivity index (χ3v) is 5.01. The highest BCUT2D eigenvalue weighted by Gasteiger charge is 2.15. The quantitative estimate of drug-likeness (QED) is 0.853. The summed E-state index contributed by atoms with van der Waals surface area (Å²) in [5.74, 6) is 0.580. The molecule has 1 aromatic carbocycles. The number of sulfonamides is 1. The first-order chi connectivity index (χ1) is 9.12. The summed E-state index contributed by atoms with van der Waals surface area (Å²) in [4.78, 5) is 0. The van der Waals surface area contributed by atoms with Crippen molar-refractivity contribution in [2.24, 2.45) is 5.73 Å². The molecule has 0 aliphatic carbocycles. The first-order valence-corrected chi connectivity index (χ1v) is 7.97. The average Bonchev–Trinajstić information content (AvgIpc) is 2.91. The summed E-state index contributed by atoms with van der Waals surface area (Å²) in [6, 6.07) is 10.0. The number of nitrogens with two attached hydrogens (primary N) is 1. The van der Waals surface area contributed by atoms with Gasteiger partial charge in [-0.15, -0.1) is 11.3 Å². The minimum atomic E-state index is -3.52. The monoisotopic (exact) mass is 298 g/mol. The molecule has 3 N–H and O–H groups in total. The van der Waals surface area contributed by atoms with E-state index in [4.69, 9.17) is 10.5 Å². The Hall–Kier alpha value is -1.57. The number of thiophene rings is 1. The van der Waals surface area contributed by atoms with E-state index in [2.05, 4.69) is 4.72 Å². The van der Waals surface area contributed by atoms with Crippen LogP contribution in [-0.2, 0) is 10.0 Å². The standard InChI is InChI=1S/C12H14N2O3S2/c13-6-7-17-11-4-1-3-10(9-11)14-19(15,16)12-5-2-8-18-12/h1-5,8-9,14H,6-7,13H2. The van der Waals surface area contributed by atoms with Gasteiger partial charge < -0.3 is 10.5 Å². The van der Waals surface area contributed by atoms with Crippen LogP contribution in [0, 0.1) is 0 Å². The summed E-state index contributed by atoms with van der Waals surface area (Å²) in [6.07, 6.45) is 0. The number of ether oxygens (including phenoxy) is 1. The molecule has 2 rings (SSSR count). The molecular weight excluding hydrogens is 284 g/mol. The molecule has 0 fully saturated rings. The van der Waals surface area contributed by atoms with Crippen molar-refractivity contribution in [3.8, 4) is 5.75 Å². The van der Waals surface area contributed by atoms with E-state index in [9.17, 15) is 8.42 Å². The number of nitrogens with one attached hydrogen (secondary N) is 1. The second kappa shape index (κ2) is 6.05. The van der Waals surface area contributed by atoms with E-state index in [0.29, 0.717) is 24.6 Å². The molecule has 19 heavy (non-hydrogen) atoms. The Balaban J connectivity index is 2.15. The van der Waals surface area contributed by atoms with Gasteiger partial charge in [0.1, 0.15) is 16.6 Å². The predicted molar refractivity (Wildman–Crippen MR) is 76.1 cm³/mol. The van der Waals surface area contributed by atoms with Gasteiger partial charge in [0.05, 0.1) is 5.69 Å². The van der Waals surface area contributed by atoms with Crippen molar-refractivity contribution in [3.63, 3.8) is 0 Å². The summed E-state index contributed by atoms with van der Waals surface area (Å²) in [6.45, 7) is 0.798. The van der Waals surface area contributed by atoms with Gasteiger partial charge in [-0.25, -0.2) is 8.42 Å². The lowest BCUT2D eigenvalue weighted by Crippen LogP contribution is -2.12. The normalized spacial score (nSPS) is 11.2. The zero-order chi connectivity index (χ0) is 13.7. The van der Waals surface area contributed by atoms with Crippen LogP contribution in [0.3, 0.4) is 0 Å². The average molecular weight is 298 g/mol. The summed E-state index contributed by atoms with van der Waals surface area (Å²) < 4.78 is 32.2. The third kappa shape index (κ3) is 3.69. The first-order valence-electron chi connectivity index (χ1n) is 5.61. The zero-order valence-corrected chi connectivity index (χ0v) is 11.7. The van der Waals surface area contributed by atoms with E-state index in [0.717, 1.165) is 0 Å². The van der Waals surface area contributed by atoms with E-state index >= 15 is 0 Å². The molecule has 0 aliphatic heterocycles. The van der Waals surface area contributed by atoms with Gasteiger partial charge in [-0.05, 0) is 23.6 Å². The first kappa shape index (κ1) is 13.9. The fourth-order valence-corrected chi connectivity index (χ4v) is 3.49. The topological polar surface area (TPSA) is 81.4 Å². The van der Waals surface area contributed by atoms with Crippen molar-refractivity contribution < 1.29 is 13.2 Å². The van der Waals surface area contributed by atoms with Gasteiger partial charge in [0, 0.05) is 12.6 Å². The Morgan fingerprint density at radius 3 is 2.79 bits per heavy atom. The number of rotatable bonds is 6. The third-order valence-electron chi connectivity index (χ3n) is 2.23. The van der Waals surface area contributed by atoms with Gasteiger partial charge in [-0.2, -0.15) is 0 Å². The summed E-state index contributed by atoms with van der Waals surface area (Å²) in [5, 5.41) is 1.72.